The van der Waals surface area contributed by atoms with E-state index in [2.05, 4.69) is 24.8 Å². The van der Waals surface area contributed by atoms with Gasteiger partial charge < -0.3 is 14.5 Å². The molecule has 1 saturated heterocycles. The van der Waals surface area contributed by atoms with Crippen LogP contribution in [0.15, 0.2) is 30.9 Å². The average Bonchev–Trinajstić information content (AvgIpc) is 2.63. The summed E-state index contributed by atoms with van der Waals surface area (Å²) in [4.78, 5) is 31.0. The first-order valence-corrected chi connectivity index (χ1v) is 7.43. The highest BCUT2D eigenvalue weighted by molar-refractivity contribution is 5.40. The molecule has 1 aliphatic rings. The molecule has 126 valence electrons. The van der Waals surface area contributed by atoms with Gasteiger partial charge in [-0.1, -0.05) is 0 Å². The van der Waals surface area contributed by atoms with E-state index >= 15 is 0 Å². The third kappa shape index (κ3) is 3.38. The van der Waals surface area contributed by atoms with Crippen molar-refractivity contribution >= 4 is 17.6 Å². The van der Waals surface area contributed by atoms with E-state index in [1.54, 1.807) is 25.6 Å². The number of anilines is 2. The Kier molecular flexibility index (Phi) is 4.75. The molecule has 0 unspecified atom stereocenters. The minimum atomic E-state index is -0.512. The van der Waals surface area contributed by atoms with Gasteiger partial charge >= 0.3 is 5.69 Å². The second kappa shape index (κ2) is 7.13. The van der Waals surface area contributed by atoms with Crippen molar-refractivity contribution in [2.75, 3.05) is 43.2 Å². The Morgan fingerprint density at radius 1 is 1.21 bits per heavy atom. The predicted molar refractivity (Wildman–Crippen MR) is 85.9 cm³/mol. The molecular formula is C14H17N7O3. The summed E-state index contributed by atoms with van der Waals surface area (Å²) < 4.78 is 5.31. The summed E-state index contributed by atoms with van der Waals surface area (Å²) in [6.45, 7) is 2.46. The summed E-state index contributed by atoms with van der Waals surface area (Å²) in [6, 6.07) is 1.81. The Labute approximate surface area is 138 Å². The van der Waals surface area contributed by atoms with E-state index in [4.69, 9.17) is 4.74 Å². The molecule has 1 atom stereocenters. The molecule has 0 bridgehead atoms. The van der Waals surface area contributed by atoms with Crippen LogP contribution in [0.5, 0.6) is 0 Å². The van der Waals surface area contributed by atoms with Crippen LogP contribution in [0.1, 0.15) is 0 Å². The summed E-state index contributed by atoms with van der Waals surface area (Å²) in [5.74, 6) is 1.12. The van der Waals surface area contributed by atoms with Crippen LogP contribution in [0.2, 0.25) is 0 Å². The van der Waals surface area contributed by atoms with Crippen molar-refractivity contribution in [3.05, 3.63) is 41.0 Å². The van der Waals surface area contributed by atoms with Crippen LogP contribution in [-0.4, -0.2) is 64.3 Å². The summed E-state index contributed by atoms with van der Waals surface area (Å²) in [5, 5.41) is 10.7. The molecule has 0 aromatic carbocycles. The summed E-state index contributed by atoms with van der Waals surface area (Å²) in [7, 11) is 1.64. The SMILES string of the molecule is COC[C@H]1CN(c2ncc([N+](=O)[O-])cn2)CCN1c1ncccn1. The minimum absolute atomic E-state index is 0.0324. The third-order valence-corrected chi connectivity index (χ3v) is 3.77. The van der Waals surface area contributed by atoms with Crippen LogP contribution in [0.3, 0.4) is 0 Å². The molecule has 3 rings (SSSR count). The van der Waals surface area contributed by atoms with Crippen molar-refractivity contribution in [3.63, 3.8) is 0 Å². The maximum absolute atomic E-state index is 10.7. The Balaban J connectivity index is 1.76. The number of nitrogens with zero attached hydrogens (tertiary/aromatic N) is 7. The molecule has 10 heteroatoms. The third-order valence-electron chi connectivity index (χ3n) is 3.77. The largest absolute Gasteiger partial charge is 0.382 e. The number of hydrogen-bond donors (Lipinski definition) is 0. The number of ether oxygens (including phenoxy) is 1. The second-order valence-corrected chi connectivity index (χ2v) is 5.30. The molecule has 2 aromatic rings. The van der Waals surface area contributed by atoms with Crippen molar-refractivity contribution in [2.24, 2.45) is 0 Å². The highest BCUT2D eigenvalue weighted by Crippen LogP contribution is 2.20. The van der Waals surface area contributed by atoms with Crippen LogP contribution >= 0.6 is 0 Å². The lowest BCUT2D eigenvalue weighted by Gasteiger charge is -2.41. The van der Waals surface area contributed by atoms with E-state index in [9.17, 15) is 10.1 Å². The summed E-state index contributed by atoms with van der Waals surface area (Å²) in [5.41, 5.74) is -0.122. The molecule has 0 N–H and O–H groups in total. The fourth-order valence-electron chi connectivity index (χ4n) is 2.65. The fraction of sp³-hybridized carbons (Fsp3) is 0.429. The molecule has 2 aromatic heterocycles. The zero-order valence-electron chi connectivity index (χ0n) is 13.1. The van der Waals surface area contributed by atoms with Crippen molar-refractivity contribution < 1.29 is 9.66 Å². The van der Waals surface area contributed by atoms with Gasteiger partial charge in [0.05, 0.1) is 17.6 Å². The van der Waals surface area contributed by atoms with Gasteiger partial charge in [-0.15, -0.1) is 0 Å². The van der Waals surface area contributed by atoms with Crippen LogP contribution in [0, 0.1) is 10.1 Å². The zero-order valence-corrected chi connectivity index (χ0v) is 13.1. The van der Waals surface area contributed by atoms with Gasteiger partial charge in [-0.2, -0.15) is 0 Å². The van der Waals surface area contributed by atoms with Gasteiger partial charge in [0.15, 0.2) is 0 Å². The van der Waals surface area contributed by atoms with E-state index in [0.29, 0.717) is 38.1 Å². The van der Waals surface area contributed by atoms with Crippen LogP contribution in [0.4, 0.5) is 17.6 Å². The van der Waals surface area contributed by atoms with Gasteiger partial charge in [0.1, 0.15) is 12.4 Å². The summed E-state index contributed by atoms with van der Waals surface area (Å²) in [6.07, 6.45) is 5.86. The molecule has 0 aliphatic carbocycles. The van der Waals surface area contributed by atoms with E-state index < -0.39 is 4.92 Å². The molecule has 0 saturated carbocycles. The Morgan fingerprint density at radius 2 is 1.92 bits per heavy atom. The van der Waals surface area contributed by atoms with Crippen LogP contribution < -0.4 is 9.80 Å². The van der Waals surface area contributed by atoms with Crippen molar-refractivity contribution in [2.45, 2.75) is 6.04 Å². The first kappa shape index (κ1) is 16.0. The summed E-state index contributed by atoms with van der Waals surface area (Å²) >= 11 is 0. The molecule has 0 radical (unpaired) electrons. The number of nitro groups is 1. The smallest absolute Gasteiger partial charge is 0.305 e. The monoisotopic (exact) mass is 331 g/mol. The number of methoxy groups -OCH3 is 1. The fourth-order valence-corrected chi connectivity index (χ4v) is 2.65. The van der Waals surface area contributed by atoms with Gasteiger partial charge in [-0.25, -0.2) is 19.9 Å². The highest BCUT2D eigenvalue weighted by atomic mass is 16.6. The lowest BCUT2D eigenvalue weighted by molar-refractivity contribution is -0.385. The number of piperazine rings is 1. The van der Waals surface area contributed by atoms with Crippen LogP contribution in [-0.2, 0) is 4.74 Å². The molecule has 0 amide bonds. The van der Waals surface area contributed by atoms with E-state index in [-0.39, 0.29) is 11.7 Å². The molecule has 10 nitrogen and oxygen atoms in total. The maximum Gasteiger partial charge on any atom is 0.305 e. The minimum Gasteiger partial charge on any atom is -0.382 e. The standard InChI is InChI=1S/C14H17N7O3/c1-24-10-12-9-19(13-17-7-11(8-18-13)21(22)23)5-6-20(12)14-15-3-2-4-16-14/h2-4,7-8,12H,5-6,9-10H2,1H3/t12-/m1/s1. The first-order valence-electron chi connectivity index (χ1n) is 7.43. The number of aromatic nitrogens is 4. The van der Waals surface area contributed by atoms with Crippen LogP contribution in [0.25, 0.3) is 0 Å². The highest BCUT2D eigenvalue weighted by Gasteiger charge is 2.30. The topological polar surface area (TPSA) is 110 Å². The average molecular weight is 331 g/mol. The Bertz CT molecular complexity index is 683. The van der Waals surface area contributed by atoms with E-state index in [1.165, 1.54) is 12.4 Å². The van der Waals surface area contributed by atoms with Crippen molar-refractivity contribution in [1.82, 2.24) is 19.9 Å². The van der Waals surface area contributed by atoms with Crippen molar-refractivity contribution in [1.29, 1.82) is 0 Å². The second-order valence-electron chi connectivity index (χ2n) is 5.30. The zero-order chi connectivity index (χ0) is 16.9. The lowest BCUT2D eigenvalue weighted by atomic mass is 10.2. The van der Waals surface area contributed by atoms with Gasteiger partial charge in [0.25, 0.3) is 0 Å². The van der Waals surface area contributed by atoms with E-state index in [1.807, 2.05) is 4.90 Å². The molecule has 3 heterocycles. The first-order chi connectivity index (χ1) is 11.7. The Morgan fingerprint density at radius 3 is 2.54 bits per heavy atom. The van der Waals surface area contributed by atoms with Gasteiger partial charge in [0.2, 0.25) is 11.9 Å². The van der Waals surface area contributed by atoms with Gasteiger partial charge in [-0.3, -0.25) is 10.1 Å². The van der Waals surface area contributed by atoms with E-state index in [0.717, 1.165) is 0 Å². The quantitative estimate of drug-likeness (QED) is 0.571. The van der Waals surface area contributed by atoms with Crippen molar-refractivity contribution in [3.8, 4) is 0 Å². The maximum atomic E-state index is 10.7. The normalized spacial score (nSPS) is 17.8. The molecule has 24 heavy (non-hydrogen) atoms. The lowest BCUT2D eigenvalue weighted by Crippen LogP contribution is -2.56. The molecule has 1 fully saturated rings. The molecule has 1 aliphatic heterocycles. The molecular weight excluding hydrogens is 314 g/mol. The predicted octanol–water partition coefficient (Wildman–Crippen LogP) is 0.516. The Hall–Kier alpha value is -2.88. The number of hydrogen-bond acceptors (Lipinski definition) is 9. The van der Waals surface area contributed by atoms with Gasteiger partial charge in [-0.05, 0) is 6.07 Å². The van der Waals surface area contributed by atoms with Gasteiger partial charge in [0, 0.05) is 39.1 Å². The molecule has 0 spiro atoms. The number of rotatable bonds is 5.